The van der Waals surface area contributed by atoms with Crippen molar-refractivity contribution >= 4 is 34.9 Å². The van der Waals surface area contributed by atoms with Crippen molar-refractivity contribution in [2.75, 3.05) is 12.4 Å². The van der Waals surface area contributed by atoms with E-state index in [1.165, 1.54) is 11.6 Å². The van der Waals surface area contributed by atoms with E-state index in [9.17, 15) is 9.59 Å². The van der Waals surface area contributed by atoms with Gasteiger partial charge in [-0.2, -0.15) is 9.61 Å². The third-order valence-corrected chi connectivity index (χ3v) is 3.46. The number of methoxy groups -OCH3 is 1. The van der Waals surface area contributed by atoms with Gasteiger partial charge in [0.2, 0.25) is 11.8 Å². The molecule has 1 saturated heterocycles. The summed E-state index contributed by atoms with van der Waals surface area (Å²) in [5.41, 5.74) is 0.524. The van der Waals surface area contributed by atoms with E-state index in [2.05, 4.69) is 20.7 Å². The van der Waals surface area contributed by atoms with Gasteiger partial charge >= 0.3 is 0 Å². The summed E-state index contributed by atoms with van der Waals surface area (Å²) >= 11 is 6.07. The molecule has 0 unspecified atom stereocenters. The number of rotatable bonds is 3. The number of halogens is 1. The van der Waals surface area contributed by atoms with Crippen molar-refractivity contribution in [3.05, 3.63) is 17.4 Å². The van der Waals surface area contributed by atoms with Crippen molar-refractivity contribution in [1.29, 1.82) is 0 Å². The molecule has 0 radical (unpaired) electrons. The first-order valence-electron chi connectivity index (χ1n) is 6.27. The molecule has 0 bridgehead atoms. The number of carbonyl (C=O) groups excluding carboxylic acids is 2. The molecule has 1 aliphatic rings. The molecule has 1 fully saturated rings. The molecular weight excluding hydrogens is 298 g/mol. The van der Waals surface area contributed by atoms with Crippen LogP contribution in [0.1, 0.15) is 12.8 Å². The van der Waals surface area contributed by atoms with Gasteiger partial charge in [-0.25, -0.2) is 4.98 Å². The Labute approximate surface area is 124 Å². The lowest BCUT2D eigenvalue weighted by Crippen LogP contribution is -2.47. The van der Waals surface area contributed by atoms with Crippen molar-refractivity contribution in [2.45, 2.75) is 18.9 Å². The van der Waals surface area contributed by atoms with Gasteiger partial charge in [-0.15, -0.1) is 0 Å². The fourth-order valence-electron chi connectivity index (χ4n) is 2.20. The zero-order valence-corrected chi connectivity index (χ0v) is 11.8. The van der Waals surface area contributed by atoms with Crippen molar-refractivity contribution in [3.63, 3.8) is 0 Å². The molecule has 2 amide bonds. The number of carbonyl (C=O) groups is 2. The van der Waals surface area contributed by atoms with E-state index in [1.54, 1.807) is 12.3 Å². The van der Waals surface area contributed by atoms with Crippen molar-refractivity contribution in [2.24, 2.45) is 0 Å². The van der Waals surface area contributed by atoms with Crippen molar-refractivity contribution < 1.29 is 14.3 Å². The smallest absolute Gasteiger partial charge is 0.249 e. The highest BCUT2D eigenvalue weighted by molar-refractivity contribution is 6.31. The van der Waals surface area contributed by atoms with Crippen LogP contribution in [0.2, 0.25) is 5.15 Å². The average Bonchev–Trinajstić information content (AvgIpc) is 2.89. The van der Waals surface area contributed by atoms with Crippen molar-refractivity contribution in [3.8, 4) is 5.75 Å². The fraction of sp³-hybridized carbons (Fsp3) is 0.333. The van der Waals surface area contributed by atoms with E-state index in [0.717, 1.165) is 0 Å². The average molecular weight is 310 g/mol. The SMILES string of the molecule is COc1c(Cl)nc2ccnn2c1N[C@@H]1CCC(=O)NC1=O. The van der Waals surface area contributed by atoms with Crippen LogP contribution in [0.25, 0.3) is 5.65 Å². The number of aromatic nitrogens is 3. The highest BCUT2D eigenvalue weighted by Crippen LogP contribution is 2.32. The molecule has 0 aromatic carbocycles. The topological polar surface area (TPSA) is 97.6 Å². The number of hydrogen-bond donors (Lipinski definition) is 2. The second-order valence-corrected chi connectivity index (χ2v) is 4.89. The summed E-state index contributed by atoms with van der Waals surface area (Å²) in [5.74, 6) is 0.0492. The third-order valence-electron chi connectivity index (χ3n) is 3.20. The lowest BCUT2D eigenvalue weighted by atomic mass is 10.1. The maximum atomic E-state index is 11.9. The fourth-order valence-corrected chi connectivity index (χ4v) is 2.46. The lowest BCUT2D eigenvalue weighted by Gasteiger charge is -2.24. The molecule has 8 nitrogen and oxygen atoms in total. The summed E-state index contributed by atoms with van der Waals surface area (Å²) in [4.78, 5) is 27.2. The van der Waals surface area contributed by atoms with E-state index in [4.69, 9.17) is 16.3 Å². The largest absolute Gasteiger partial charge is 0.490 e. The maximum Gasteiger partial charge on any atom is 0.249 e. The van der Waals surface area contributed by atoms with E-state index in [-0.39, 0.29) is 29.1 Å². The van der Waals surface area contributed by atoms with Crippen LogP contribution in [0.5, 0.6) is 5.75 Å². The second kappa shape index (κ2) is 5.21. The summed E-state index contributed by atoms with van der Waals surface area (Å²) in [7, 11) is 1.45. The lowest BCUT2D eigenvalue weighted by molar-refractivity contribution is -0.133. The highest BCUT2D eigenvalue weighted by atomic mass is 35.5. The monoisotopic (exact) mass is 309 g/mol. The Morgan fingerprint density at radius 1 is 1.52 bits per heavy atom. The molecular formula is C12H12ClN5O3. The summed E-state index contributed by atoms with van der Waals surface area (Å²) in [6, 6.07) is 1.11. The molecule has 2 N–H and O–H groups in total. The Kier molecular flexibility index (Phi) is 3.38. The number of anilines is 1. The Bertz CT molecular complexity index is 729. The molecule has 2 aromatic rings. The number of piperidine rings is 1. The Morgan fingerprint density at radius 3 is 3.05 bits per heavy atom. The van der Waals surface area contributed by atoms with Gasteiger partial charge in [0.1, 0.15) is 6.04 Å². The van der Waals surface area contributed by atoms with Gasteiger partial charge in [0.25, 0.3) is 0 Å². The summed E-state index contributed by atoms with van der Waals surface area (Å²) in [6.45, 7) is 0. The van der Waals surface area contributed by atoms with Gasteiger partial charge in [-0.3, -0.25) is 14.9 Å². The zero-order valence-electron chi connectivity index (χ0n) is 11.1. The molecule has 0 saturated carbocycles. The minimum absolute atomic E-state index is 0.167. The number of ether oxygens (including phenoxy) is 1. The van der Waals surface area contributed by atoms with Crippen LogP contribution in [0.3, 0.4) is 0 Å². The normalized spacial score (nSPS) is 18.7. The van der Waals surface area contributed by atoms with Crippen LogP contribution >= 0.6 is 11.6 Å². The van der Waals surface area contributed by atoms with E-state index >= 15 is 0 Å². The molecule has 2 aromatic heterocycles. The summed E-state index contributed by atoms with van der Waals surface area (Å²) in [6.07, 6.45) is 2.22. The Balaban J connectivity index is 2.01. The van der Waals surface area contributed by atoms with E-state index in [1.807, 2.05) is 0 Å². The van der Waals surface area contributed by atoms with Gasteiger partial charge in [0, 0.05) is 12.5 Å². The molecule has 3 heterocycles. The molecule has 0 spiro atoms. The predicted molar refractivity (Wildman–Crippen MR) is 74.3 cm³/mol. The zero-order chi connectivity index (χ0) is 15.0. The minimum Gasteiger partial charge on any atom is -0.490 e. The van der Waals surface area contributed by atoms with Gasteiger partial charge in [-0.1, -0.05) is 11.6 Å². The highest BCUT2D eigenvalue weighted by Gasteiger charge is 2.28. The van der Waals surface area contributed by atoms with Gasteiger partial charge < -0.3 is 10.1 Å². The molecule has 1 aliphatic heterocycles. The van der Waals surface area contributed by atoms with Crippen LogP contribution in [0.15, 0.2) is 12.3 Å². The number of hydrogen-bond acceptors (Lipinski definition) is 6. The first kappa shape index (κ1) is 13.6. The van der Waals surface area contributed by atoms with E-state index < -0.39 is 6.04 Å². The van der Waals surface area contributed by atoms with Gasteiger partial charge in [0.05, 0.1) is 13.3 Å². The number of fused-ring (bicyclic) bond motifs is 1. The number of imide groups is 1. The molecule has 1 atom stereocenters. The summed E-state index contributed by atoms with van der Waals surface area (Å²) in [5, 5.41) is 9.61. The molecule has 110 valence electrons. The predicted octanol–water partition coefficient (Wildman–Crippen LogP) is 0.608. The van der Waals surface area contributed by atoms with Crippen LogP contribution in [0.4, 0.5) is 5.82 Å². The van der Waals surface area contributed by atoms with Gasteiger partial charge in [0.15, 0.2) is 22.4 Å². The quantitative estimate of drug-likeness (QED) is 0.637. The summed E-state index contributed by atoms with van der Waals surface area (Å²) < 4.78 is 6.73. The van der Waals surface area contributed by atoms with Crippen molar-refractivity contribution in [1.82, 2.24) is 19.9 Å². The maximum absolute atomic E-state index is 11.9. The van der Waals surface area contributed by atoms with E-state index in [0.29, 0.717) is 17.9 Å². The minimum atomic E-state index is -0.567. The first-order chi connectivity index (χ1) is 10.1. The number of nitrogens with zero attached hydrogens (tertiary/aromatic N) is 3. The number of nitrogens with one attached hydrogen (secondary N) is 2. The second-order valence-electron chi connectivity index (χ2n) is 4.53. The van der Waals surface area contributed by atoms with Crippen LogP contribution in [-0.4, -0.2) is 39.6 Å². The van der Waals surface area contributed by atoms with Gasteiger partial charge in [-0.05, 0) is 6.42 Å². The number of amides is 2. The van der Waals surface area contributed by atoms with Crippen LogP contribution in [0, 0.1) is 0 Å². The first-order valence-corrected chi connectivity index (χ1v) is 6.65. The Hall–Kier alpha value is -2.35. The molecule has 3 rings (SSSR count). The van der Waals surface area contributed by atoms with Crippen LogP contribution in [-0.2, 0) is 9.59 Å². The Morgan fingerprint density at radius 2 is 2.33 bits per heavy atom. The molecule has 21 heavy (non-hydrogen) atoms. The molecule has 0 aliphatic carbocycles. The third kappa shape index (κ3) is 2.38. The van der Waals surface area contributed by atoms with Crippen LogP contribution < -0.4 is 15.4 Å². The molecule has 9 heteroatoms. The standard InChI is InChI=1S/C12H12ClN5O3/c1-21-9-10(13)16-7-4-5-14-18(7)11(9)15-6-2-3-8(19)17-12(6)20/h4-6,15H,2-3H2,1H3,(H,17,19,20)/t6-/m1/s1.